The lowest BCUT2D eigenvalue weighted by molar-refractivity contribution is -0.155. The SMILES string of the molecule is CN1[C@@H]2CC[C@H]1CC(OC(=O)C(CO)c1ccccc1)C2.O=C(O)c1ccccc1O. The number of fused-ring (bicyclic) bond motifs is 2. The summed E-state index contributed by atoms with van der Waals surface area (Å²) in [5, 5.41) is 26.8. The Balaban J connectivity index is 0.000000229. The summed E-state index contributed by atoms with van der Waals surface area (Å²) in [7, 11) is 2.17. The first-order chi connectivity index (χ1) is 14.9. The smallest absolute Gasteiger partial charge is 0.339 e. The van der Waals surface area contributed by atoms with Crippen LogP contribution in [-0.4, -0.2) is 64.0 Å². The van der Waals surface area contributed by atoms with Crippen LogP contribution in [-0.2, 0) is 9.53 Å². The van der Waals surface area contributed by atoms with E-state index in [9.17, 15) is 14.7 Å². The van der Waals surface area contributed by atoms with Crippen molar-refractivity contribution in [2.75, 3.05) is 13.7 Å². The van der Waals surface area contributed by atoms with E-state index in [0.29, 0.717) is 12.1 Å². The number of carbonyl (C=O) groups excluding carboxylic acids is 1. The van der Waals surface area contributed by atoms with Gasteiger partial charge in [-0.1, -0.05) is 42.5 Å². The molecular weight excluding hydrogens is 398 g/mol. The van der Waals surface area contributed by atoms with Gasteiger partial charge >= 0.3 is 11.9 Å². The minimum atomic E-state index is -1.11. The van der Waals surface area contributed by atoms with Crippen molar-refractivity contribution in [2.24, 2.45) is 0 Å². The summed E-state index contributed by atoms with van der Waals surface area (Å²) < 4.78 is 5.70. The van der Waals surface area contributed by atoms with Crippen LogP contribution in [0, 0.1) is 0 Å². The zero-order valence-corrected chi connectivity index (χ0v) is 17.6. The molecule has 2 aromatic rings. The highest BCUT2D eigenvalue weighted by Gasteiger charge is 2.40. The molecule has 2 bridgehead atoms. The summed E-state index contributed by atoms with van der Waals surface area (Å²) >= 11 is 0. The Hall–Kier alpha value is -2.90. The first-order valence-electron chi connectivity index (χ1n) is 10.5. The quantitative estimate of drug-likeness (QED) is 0.630. The Morgan fingerprint density at radius 1 is 1.03 bits per heavy atom. The van der Waals surface area contributed by atoms with Crippen LogP contribution in [0.25, 0.3) is 0 Å². The second-order valence-corrected chi connectivity index (χ2v) is 8.05. The van der Waals surface area contributed by atoms with E-state index in [1.807, 2.05) is 30.3 Å². The van der Waals surface area contributed by atoms with Crippen LogP contribution < -0.4 is 0 Å². The molecule has 0 spiro atoms. The van der Waals surface area contributed by atoms with Gasteiger partial charge in [-0.25, -0.2) is 4.79 Å². The number of esters is 1. The fourth-order valence-corrected chi connectivity index (χ4v) is 4.36. The maximum atomic E-state index is 12.4. The number of carbonyl (C=O) groups is 2. The van der Waals surface area contributed by atoms with Gasteiger partial charge in [0.1, 0.15) is 23.3 Å². The number of aromatic carboxylic acids is 1. The van der Waals surface area contributed by atoms with Crippen LogP contribution in [0.15, 0.2) is 54.6 Å². The average molecular weight is 427 g/mol. The highest BCUT2D eigenvalue weighted by Crippen LogP contribution is 2.36. The largest absolute Gasteiger partial charge is 0.507 e. The van der Waals surface area contributed by atoms with E-state index in [1.54, 1.807) is 12.1 Å². The summed E-state index contributed by atoms with van der Waals surface area (Å²) in [6, 6.07) is 16.3. The number of nitrogens with zero attached hydrogens (tertiary/aromatic N) is 1. The van der Waals surface area contributed by atoms with Crippen LogP contribution >= 0.6 is 0 Å². The number of benzene rings is 2. The van der Waals surface area contributed by atoms with Gasteiger partial charge in [0.25, 0.3) is 0 Å². The number of carboxylic acid groups (broad SMARTS) is 1. The number of piperidine rings is 1. The Bertz CT molecular complexity index is 873. The summed E-state index contributed by atoms with van der Waals surface area (Å²) in [6.07, 6.45) is 4.26. The molecule has 0 radical (unpaired) electrons. The molecule has 0 aliphatic carbocycles. The molecule has 0 amide bonds. The van der Waals surface area contributed by atoms with Crippen LogP contribution in [0.4, 0.5) is 0 Å². The summed E-state index contributed by atoms with van der Waals surface area (Å²) in [5.74, 6) is -2.17. The number of ether oxygens (including phenoxy) is 1. The highest BCUT2D eigenvalue weighted by atomic mass is 16.5. The second-order valence-electron chi connectivity index (χ2n) is 8.05. The van der Waals surface area contributed by atoms with E-state index < -0.39 is 11.9 Å². The van der Waals surface area contributed by atoms with Gasteiger partial charge in [0.15, 0.2) is 0 Å². The van der Waals surface area contributed by atoms with Gasteiger partial charge in [-0.05, 0) is 50.4 Å². The van der Waals surface area contributed by atoms with Crippen molar-refractivity contribution >= 4 is 11.9 Å². The molecule has 7 heteroatoms. The van der Waals surface area contributed by atoms with Crippen molar-refractivity contribution in [3.63, 3.8) is 0 Å². The first-order valence-corrected chi connectivity index (χ1v) is 10.5. The van der Waals surface area contributed by atoms with Crippen molar-refractivity contribution in [2.45, 2.75) is 49.8 Å². The number of carboxylic acids is 1. The zero-order valence-electron chi connectivity index (χ0n) is 17.6. The third-order valence-electron chi connectivity index (χ3n) is 6.14. The van der Waals surface area contributed by atoms with Crippen molar-refractivity contribution in [1.29, 1.82) is 0 Å². The Kier molecular flexibility index (Phi) is 7.65. The minimum Gasteiger partial charge on any atom is -0.507 e. The topological polar surface area (TPSA) is 107 Å². The zero-order chi connectivity index (χ0) is 22.4. The summed E-state index contributed by atoms with van der Waals surface area (Å²) in [4.78, 5) is 25.0. The van der Waals surface area contributed by atoms with Gasteiger partial charge in [0, 0.05) is 12.1 Å². The van der Waals surface area contributed by atoms with Crippen molar-refractivity contribution in [3.05, 3.63) is 65.7 Å². The van der Waals surface area contributed by atoms with E-state index in [-0.39, 0.29) is 30.0 Å². The van der Waals surface area contributed by atoms with E-state index >= 15 is 0 Å². The van der Waals surface area contributed by atoms with Gasteiger partial charge in [-0.3, -0.25) is 4.79 Å². The number of aliphatic hydroxyl groups is 1. The highest BCUT2D eigenvalue weighted by molar-refractivity contribution is 5.90. The molecule has 2 unspecified atom stereocenters. The normalized spacial score (nSPS) is 23.4. The maximum Gasteiger partial charge on any atom is 0.339 e. The molecule has 166 valence electrons. The van der Waals surface area contributed by atoms with Gasteiger partial charge in [-0.2, -0.15) is 0 Å². The molecule has 7 nitrogen and oxygen atoms in total. The number of para-hydroxylation sites is 1. The van der Waals surface area contributed by atoms with Crippen molar-refractivity contribution in [1.82, 2.24) is 4.90 Å². The number of phenols is 1. The van der Waals surface area contributed by atoms with Crippen LogP contribution in [0.3, 0.4) is 0 Å². The molecule has 2 saturated heterocycles. The lowest BCUT2D eigenvalue weighted by atomic mass is 9.98. The molecule has 2 aliphatic rings. The van der Waals surface area contributed by atoms with Gasteiger partial charge < -0.3 is 25.0 Å². The monoisotopic (exact) mass is 427 g/mol. The molecule has 2 fully saturated rings. The molecule has 2 aromatic carbocycles. The molecule has 4 rings (SSSR count). The lowest BCUT2D eigenvalue weighted by Crippen LogP contribution is -2.43. The minimum absolute atomic E-state index is 0.00367. The van der Waals surface area contributed by atoms with E-state index in [0.717, 1.165) is 18.4 Å². The standard InChI is InChI=1S/C17H23NO3.C7H6O3/c1-18-13-7-8-14(18)10-15(9-13)21-17(20)16(11-19)12-5-3-2-4-6-12;8-6-4-2-1-3-5(6)7(9)10/h2-6,13-16,19H,7-11H2,1H3;1-4,8H,(H,9,10)/t13-,14+,15?,16?;. The van der Waals surface area contributed by atoms with Gasteiger partial charge in [-0.15, -0.1) is 0 Å². The van der Waals surface area contributed by atoms with Crippen molar-refractivity contribution < 1.29 is 29.6 Å². The predicted molar refractivity (Wildman–Crippen MR) is 115 cm³/mol. The molecule has 2 heterocycles. The number of rotatable bonds is 5. The summed E-state index contributed by atoms with van der Waals surface area (Å²) in [6.45, 7) is -0.206. The first kappa shape index (κ1) is 22.8. The van der Waals surface area contributed by atoms with Crippen LogP contribution in [0.1, 0.15) is 47.5 Å². The average Bonchev–Trinajstić information content (AvgIpc) is 2.96. The molecule has 2 aliphatic heterocycles. The fraction of sp³-hybridized carbons (Fsp3) is 0.417. The molecule has 0 aromatic heterocycles. The Labute approximate surface area is 181 Å². The molecule has 0 saturated carbocycles. The number of aromatic hydroxyl groups is 1. The van der Waals surface area contributed by atoms with Crippen LogP contribution in [0.2, 0.25) is 0 Å². The summed E-state index contributed by atoms with van der Waals surface area (Å²) in [5.41, 5.74) is 0.753. The molecule has 31 heavy (non-hydrogen) atoms. The second kappa shape index (κ2) is 10.4. The molecule has 3 N–H and O–H groups in total. The third kappa shape index (κ3) is 5.62. The van der Waals surface area contributed by atoms with E-state index in [4.69, 9.17) is 14.9 Å². The number of hydrogen-bond donors (Lipinski definition) is 3. The predicted octanol–water partition coefficient (Wildman–Crippen LogP) is 3.02. The molecule has 4 atom stereocenters. The van der Waals surface area contributed by atoms with Crippen LogP contribution in [0.5, 0.6) is 5.75 Å². The van der Waals surface area contributed by atoms with Gasteiger partial charge in [0.2, 0.25) is 0 Å². The number of aliphatic hydroxyl groups excluding tert-OH is 1. The Morgan fingerprint density at radius 3 is 2.13 bits per heavy atom. The number of hydrogen-bond acceptors (Lipinski definition) is 6. The lowest BCUT2D eigenvalue weighted by Gasteiger charge is -2.36. The third-order valence-corrected chi connectivity index (χ3v) is 6.14. The Morgan fingerprint density at radius 2 is 1.61 bits per heavy atom. The van der Waals surface area contributed by atoms with Gasteiger partial charge in [0.05, 0.1) is 6.61 Å². The molecular formula is C24H29NO6. The van der Waals surface area contributed by atoms with Crippen molar-refractivity contribution in [3.8, 4) is 5.75 Å². The van der Waals surface area contributed by atoms with E-state index in [2.05, 4.69) is 11.9 Å². The maximum absolute atomic E-state index is 12.4. The fourth-order valence-electron chi connectivity index (χ4n) is 4.36. The van der Waals surface area contributed by atoms with E-state index in [1.165, 1.54) is 25.0 Å².